The molecule has 30 heavy (non-hydrogen) atoms. The van der Waals surface area contributed by atoms with E-state index in [-0.39, 0.29) is 18.2 Å². The fourth-order valence-corrected chi connectivity index (χ4v) is 4.57. The number of rotatable bonds is 7. The van der Waals surface area contributed by atoms with E-state index in [1.807, 2.05) is 19.1 Å². The highest BCUT2D eigenvalue weighted by molar-refractivity contribution is 9.11. The third-order valence-corrected chi connectivity index (χ3v) is 5.77. The van der Waals surface area contributed by atoms with Crippen LogP contribution in [-0.4, -0.2) is 27.4 Å². The SMILES string of the molecule is CCCN1C(=O)/C(=C/c2cc(Br)c(OCc3ccc([N+](=O)[O-])cc3)c(Br)c2)NC1=S. The Labute approximate surface area is 195 Å². The predicted molar refractivity (Wildman–Crippen MR) is 125 cm³/mol. The number of thiocarbonyl (C=S) groups is 1. The zero-order chi connectivity index (χ0) is 21.8. The molecule has 1 aliphatic heterocycles. The van der Waals surface area contributed by atoms with Gasteiger partial charge in [0.2, 0.25) is 0 Å². The lowest BCUT2D eigenvalue weighted by molar-refractivity contribution is -0.384. The number of nitro groups is 1. The summed E-state index contributed by atoms with van der Waals surface area (Å²) in [5.74, 6) is 0.442. The summed E-state index contributed by atoms with van der Waals surface area (Å²) in [5.41, 5.74) is 2.04. The molecule has 1 heterocycles. The molecule has 10 heteroatoms. The molecule has 0 aromatic heterocycles. The summed E-state index contributed by atoms with van der Waals surface area (Å²) >= 11 is 12.2. The number of ether oxygens (including phenoxy) is 1. The van der Waals surface area contributed by atoms with Crippen LogP contribution in [0.25, 0.3) is 6.08 Å². The largest absolute Gasteiger partial charge is 0.487 e. The van der Waals surface area contributed by atoms with Crippen molar-refractivity contribution in [3.8, 4) is 5.75 Å². The lowest BCUT2D eigenvalue weighted by Gasteiger charge is -2.12. The van der Waals surface area contributed by atoms with E-state index in [2.05, 4.69) is 37.2 Å². The van der Waals surface area contributed by atoms with Gasteiger partial charge in [0.05, 0.1) is 13.9 Å². The van der Waals surface area contributed by atoms with Gasteiger partial charge in [-0.15, -0.1) is 0 Å². The number of hydrogen-bond donors (Lipinski definition) is 1. The second-order valence-electron chi connectivity index (χ2n) is 6.47. The van der Waals surface area contributed by atoms with Crippen molar-refractivity contribution in [2.75, 3.05) is 6.54 Å². The van der Waals surface area contributed by atoms with Gasteiger partial charge in [0.25, 0.3) is 11.6 Å². The standard InChI is InChI=1S/C20H17Br2N3O4S/c1-2-7-24-19(26)17(23-20(24)30)10-13-8-15(21)18(16(22)9-13)29-11-12-3-5-14(6-4-12)25(27)28/h3-6,8-10H,2,7,11H2,1H3,(H,23,30)/b17-10-. The van der Waals surface area contributed by atoms with Gasteiger partial charge >= 0.3 is 0 Å². The number of nitro benzene ring substituents is 1. The maximum Gasteiger partial charge on any atom is 0.276 e. The molecular weight excluding hydrogens is 538 g/mol. The molecule has 1 amide bonds. The van der Waals surface area contributed by atoms with E-state index < -0.39 is 4.92 Å². The highest BCUT2D eigenvalue weighted by Gasteiger charge is 2.29. The van der Waals surface area contributed by atoms with Crippen molar-refractivity contribution in [1.29, 1.82) is 0 Å². The van der Waals surface area contributed by atoms with Crippen molar-refractivity contribution in [3.05, 3.63) is 72.3 Å². The van der Waals surface area contributed by atoms with Gasteiger partial charge in [0, 0.05) is 18.7 Å². The molecule has 0 bridgehead atoms. The van der Waals surface area contributed by atoms with Gasteiger partial charge in [-0.25, -0.2) is 0 Å². The van der Waals surface area contributed by atoms with E-state index in [1.54, 1.807) is 23.1 Å². The number of benzene rings is 2. The number of nitrogens with one attached hydrogen (secondary N) is 1. The van der Waals surface area contributed by atoms with Gasteiger partial charge in [-0.3, -0.25) is 19.8 Å². The average molecular weight is 555 g/mol. The Kier molecular flexibility index (Phi) is 7.22. The van der Waals surface area contributed by atoms with Crippen molar-refractivity contribution in [2.24, 2.45) is 0 Å². The number of amides is 1. The zero-order valence-electron chi connectivity index (χ0n) is 15.9. The third-order valence-electron chi connectivity index (χ3n) is 4.27. The number of nitrogens with zero attached hydrogens (tertiary/aromatic N) is 2. The van der Waals surface area contributed by atoms with Crippen LogP contribution in [0.1, 0.15) is 24.5 Å². The lowest BCUT2D eigenvalue weighted by Crippen LogP contribution is -2.31. The van der Waals surface area contributed by atoms with Crippen LogP contribution in [0.2, 0.25) is 0 Å². The van der Waals surface area contributed by atoms with E-state index in [0.29, 0.717) is 32.0 Å². The third kappa shape index (κ3) is 5.05. The van der Waals surface area contributed by atoms with Crippen LogP contribution in [0.4, 0.5) is 5.69 Å². The Balaban J connectivity index is 1.75. The van der Waals surface area contributed by atoms with Crippen LogP contribution in [0.15, 0.2) is 51.0 Å². The second kappa shape index (κ2) is 9.67. The van der Waals surface area contributed by atoms with E-state index >= 15 is 0 Å². The monoisotopic (exact) mass is 553 g/mol. The average Bonchev–Trinajstić information content (AvgIpc) is 2.95. The molecule has 0 atom stereocenters. The summed E-state index contributed by atoms with van der Waals surface area (Å²) in [4.78, 5) is 24.3. The summed E-state index contributed by atoms with van der Waals surface area (Å²) in [6.45, 7) is 2.81. The second-order valence-corrected chi connectivity index (χ2v) is 8.57. The number of carbonyl (C=O) groups excluding carboxylic acids is 1. The van der Waals surface area contributed by atoms with E-state index in [0.717, 1.165) is 17.5 Å². The van der Waals surface area contributed by atoms with Crippen molar-refractivity contribution >= 4 is 66.9 Å². The molecule has 0 saturated carbocycles. The smallest absolute Gasteiger partial charge is 0.276 e. The zero-order valence-corrected chi connectivity index (χ0v) is 19.8. The van der Waals surface area contributed by atoms with Crippen molar-refractivity contribution in [1.82, 2.24) is 10.2 Å². The van der Waals surface area contributed by atoms with Gasteiger partial charge in [-0.05, 0) is 92.0 Å². The van der Waals surface area contributed by atoms with Gasteiger partial charge in [0.15, 0.2) is 5.11 Å². The maximum absolute atomic E-state index is 12.5. The van der Waals surface area contributed by atoms with Crippen LogP contribution in [0, 0.1) is 10.1 Å². The van der Waals surface area contributed by atoms with Crippen LogP contribution in [0.3, 0.4) is 0 Å². The predicted octanol–water partition coefficient (Wildman–Crippen LogP) is 5.17. The van der Waals surface area contributed by atoms with Gasteiger partial charge in [-0.2, -0.15) is 0 Å². The quantitative estimate of drug-likeness (QED) is 0.220. The summed E-state index contributed by atoms with van der Waals surface area (Å²) in [6, 6.07) is 9.86. The van der Waals surface area contributed by atoms with Crippen LogP contribution < -0.4 is 10.1 Å². The first-order chi connectivity index (χ1) is 14.3. The van der Waals surface area contributed by atoms with Crippen LogP contribution in [-0.2, 0) is 11.4 Å². The molecule has 0 unspecified atom stereocenters. The highest BCUT2D eigenvalue weighted by atomic mass is 79.9. The van der Waals surface area contributed by atoms with Gasteiger partial charge in [-0.1, -0.05) is 6.92 Å². The number of non-ortho nitro benzene ring substituents is 1. The van der Waals surface area contributed by atoms with Crippen LogP contribution >= 0.6 is 44.1 Å². The summed E-state index contributed by atoms with van der Waals surface area (Å²) in [5, 5.41) is 14.1. The molecule has 156 valence electrons. The Morgan fingerprint density at radius 3 is 2.43 bits per heavy atom. The molecule has 1 saturated heterocycles. The maximum atomic E-state index is 12.5. The normalized spacial score (nSPS) is 14.9. The minimum atomic E-state index is -0.441. The van der Waals surface area contributed by atoms with E-state index in [4.69, 9.17) is 17.0 Å². The molecule has 0 spiro atoms. The number of halogens is 2. The molecule has 2 aromatic carbocycles. The molecule has 1 aliphatic rings. The summed E-state index contributed by atoms with van der Waals surface area (Å²) in [6.07, 6.45) is 2.55. The molecule has 0 aliphatic carbocycles. The Morgan fingerprint density at radius 2 is 1.87 bits per heavy atom. The minimum Gasteiger partial charge on any atom is -0.487 e. The first-order valence-corrected chi connectivity index (χ1v) is 11.0. The van der Waals surface area contributed by atoms with E-state index in [1.165, 1.54) is 12.1 Å². The van der Waals surface area contributed by atoms with Crippen molar-refractivity contribution in [3.63, 3.8) is 0 Å². The topological polar surface area (TPSA) is 84.7 Å². The molecule has 0 radical (unpaired) electrons. The molecule has 1 N–H and O–H groups in total. The van der Waals surface area contributed by atoms with E-state index in [9.17, 15) is 14.9 Å². The molecule has 2 aromatic rings. The number of carbonyl (C=O) groups is 1. The van der Waals surface area contributed by atoms with Gasteiger partial charge < -0.3 is 10.1 Å². The summed E-state index contributed by atoms with van der Waals surface area (Å²) in [7, 11) is 0. The number of hydrogen-bond acceptors (Lipinski definition) is 5. The van der Waals surface area contributed by atoms with Crippen LogP contribution in [0.5, 0.6) is 5.75 Å². The fraction of sp³-hybridized carbons (Fsp3) is 0.200. The lowest BCUT2D eigenvalue weighted by atomic mass is 10.1. The summed E-state index contributed by atoms with van der Waals surface area (Å²) < 4.78 is 7.27. The highest BCUT2D eigenvalue weighted by Crippen LogP contribution is 2.36. The van der Waals surface area contributed by atoms with Crippen molar-refractivity contribution < 1.29 is 14.5 Å². The fourth-order valence-electron chi connectivity index (χ4n) is 2.84. The molecule has 3 rings (SSSR count). The Hall–Kier alpha value is -2.30. The molecule has 1 fully saturated rings. The first-order valence-electron chi connectivity index (χ1n) is 9.00. The Morgan fingerprint density at radius 1 is 1.23 bits per heavy atom. The molecular formula is C20H17Br2N3O4S. The molecule has 7 nitrogen and oxygen atoms in total. The van der Waals surface area contributed by atoms with Gasteiger partial charge in [0.1, 0.15) is 18.1 Å². The van der Waals surface area contributed by atoms with Crippen molar-refractivity contribution in [2.45, 2.75) is 20.0 Å². The minimum absolute atomic E-state index is 0.0329. The first kappa shape index (κ1) is 22.4. The Bertz CT molecular complexity index is 1020.